The second kappa shape index (κ2) is 3.78. The molecular formula is CH3O2PS2. The first-order valence-electron chi connectivity index (χ1n) is 1.06. The first kappa shape index (κ1) is 6.60. The third kappa shape index (κ3) is 4.60. The predicted octanol–water partition coefficient (Wildman–Crippen LogP) is 1.49. The van der Waals surface area contributed by atoms with Gasteiger partial charge in [0.15, 0.2) is 0 Å². The van der Waals surface area contributed by atoms with E-state index in [1.807, 2.05) is 0 Å². The van der Waals surface area contributed by atoms with E-state index in [2.05, 4.69) is 29.4 Å². The van der Waals surface area contributed by atoms with Gasteiger partial charge in [-0.3, -0.25) is 0 Å². The van der Waals surface area contributed by atoms with Crippen LogP contribution in [0.5, 0.6) is 0 Å². The Kier molecular flexibility index (Phi) is 4.16. The normalized spacial score (nSPS) is 9.67. The lowest BCUT2D eigenvalue weighted by molar-refractivity contribution is 0.234. The van der Waals surface area contributed by atoms with Gasteiger partial charge in [0.25, 0.3) is 0 Å². The second-order valence-corrected chi connectivity index (χ2v) is 1.76. The molecule has 0 aliphatic carbocycles. The van der Waals surface area contributed by atoms with Crippen molar-refractivity contribution in [1.29, 1.82) is 0 Å². The monoisotopic (exact) mass is 142 g/mol. The van der Waals surface area contributed by atoms with Crippen molar-refractivity contribution < 1.29 is 9.32 Å². The lowest BCUT2D eigenvalue weighted by Crippen LogP contribution is -1.74. The molecule has 0 aromatic rings. The molecule has 0 spiro atoms. The van der Waals surface area contributed by atoms with Crippen LogP contribution in [0.4, 0.5) is 4.79 Å². The SMILES string of the molecule is O=C(S)OPS. The summed E-state index contributed by atoms with van der Waals surface area (Å²) in [5, 5.41) is -0.580. The highest BCUT2D eigenvalue weighted by Gasteiger charge is 1.84. The average molecular weight is 142 g/mol. The van der Waals surface area contributed by atoms with Gasteiger partial charge in [-0.15, -0.1) is 12.2 Å². The van der Waals surface area contributed by atoms with Crippen LogP contribution in [-0.4, -0.2) is 5.30 Å². The maximum absolute atomic E-state index is 9.64. The Labute approximate surface area is 48.1 Å². The Balaban J connectivity index is 2.83. The van der Waals surface area contributed by atoms with Crippen LogP contribution >= 0.6 is 32.9 Å². The van der Waals surface area contributed by atoms with E-state index in [0.29, 0.717) is 0 Å². The van der Waals surface area contributed by atoms with Gasteiger partial charge in [0.05, 0.1) is 0 Å². The van der Waals surface area contributed by atoms with Gasteiger partial charge < -0.3 is 4.52 Å². The summed E-state index contributed by atoms with van der Waals surface area (Å²) in [5.41, 5.74) is 0. The van der Waals surface area contributed by atoms with Crippen molar-refractivity contribution in [2.24, 2.45) is 0 Å². The molecule has 6 heavy (non-hydrogen) atoms. The Hall–Kier alpha value is 0.600. The number of rotatable bonds is 1. The third-order valence-electron chi connectivity index (χ3n) is 0.133. The summed E-state index contributed by atoms with van der Waals surface area (Å²) >= 11 is 6.87. The van der Waals surface area contributed by atoms with Crippen molar-refractivity contribution in [2.75, 3.05) is 0 Å². The number of hydrogen-bond donors (Lipinski definition) is 2. The summed E-state index contributed by atoms with van der Waals surface area (Å²) in [4.78, 5) is 9.64. The molecule has 0 bridgehead atoms. The van der Waals surface area contributed by atoms with Gasteiger partial charge in [0.2, 0.25) is 0 Å². The van der Waals surface area contributed by atoms with Crippen molar-refractivity contribution in [3.63, 3.8) is 0 Å². The lowest BCUT2D eigenvalue weighted by atomic mass is 11.6. The van der Waals surface area contributed by atoms with E-state index >= 15 is 0 Å². The van der Waals surface area contributed by atoms with Crippen molar-refractivity contribution in [3.8, 4) is 0 Å². The van der Waals surface area contributed by atoms with Crippen LogP contribution in [0.3, 0.4) is 0 Å². The molecule has 1 atom stereocenters. The topological polar surface area (TPSA) is 26.3 Å². The summed E-state index contributed by atoms with van der Waals surface area (Å²) in [6.45, 7) is 0. The smallest absolute Gasteiger partial charge is 0.367 e. The van der Waals surface area contributed by atoms with Crippen LogP contribution in [0, 0.1) is 0 Å². The standard InChI is InChI=1S/CH3O2PS2/c2-1(5)3-4-6/h4,6H,(H,2,5). The minimum Gasteiger partial charge on any atom is -0.429 e. The molecule has 0 N–H and O–H groups in total. The molecule has 0 aromatic carbocycles. The summed E-state index contributed by atoms with van der Waals surface area (Å²) in [6, 6.07) is 0. The van der Waals surface area contributed by atoms with Gasteiger partial charge in [-0.2, -0.15) is 0 Å². The Morgan fingerprint density at radius 1 is 1.83 bits per heavy atom. The Morgan fingerprint density at radius 2 is 2.33 bits per heavy atom. The predicted molar refractivity (Wildman–Crippen MR) is 32.8 cm³/mol. The van der Waals surface area contributed by atoms with E-state index in [4.69, 9.17) is 0 Å². The van der Waals surface area contributed by atoms with Gasteiger partial charge in [-0.1, -0.05) is 12.6 Å². The largest absolute Gasteiger partial charge is 0.429 e. The zero-order chi connectivity index (χ0) is 4.99. The minimum absolute atomic E-state index is 0.0934. The van der Waals surface area contributed by atoms with Gasteiger partial charge in [0.1, 0.15) is 8.01 Å². The molecule has 0 heterocycles. The van der Waals surface area contributed by atoms with Crippen LogP contribution in [0.25, 0.3) is 0 Å². The highest BCUT2D eigenvalue weighted by atomic mass is 32.7. The molecule has 0 rings (SSSR count). The van der Waals surface area contributed by atoms with Gasteiger partial charge in [-0.25, -0.2) is 4.79 Å². The van der Waals surface area contributed by atoms with Gasteiger partial charge in [-0.05, 0) is 0 Å². The van der Waals surface area contributed by atoms with Gasteiger partial charge >= 0.3 is 5.30 Å². The molecule has 1 unspecified atom stereocenters. The maximum atomic E-state index is 9.64. The Bertz CT molecular complexity index is 55.5. The number of carbonyl (C=O) groups is 1. The molecule has 5 heteroatoms. The Morgan fingerprint density at radius 3 is 2.33 bits per heavy atom. The quantitative estimate of drug-likeness (QED) is 0.428. The molecular weight excluding hydrogens is 139 g/mol. The molecule has 0 saturated carbocycles. The summed E-state index contributed by atoms with van der Waals surface area (Å²) in [5.74, 6) is 0. The van der Waals surface area contributed by atoms with Crippen LogP contribution in [0.2, 0.25) is 0 Å². The molecule has 0 aliphatic heterocycles. The van der Waals surface area contributed by atoms with Crippen LogP contribution in [0.1, 0.15) is 0 Å². The lowest BCUT2D eigenvalue weighted by Gasteiger charge is -1.86. The summed E-state index contributed by atoms with van der Waals surface area (Å²) in [6.07, 6.45) is 0. The van der Waals surface area contributed by atoms with Crippen LogP contribution in [-0.2, 0) is 4.52 Å². The molecule has 0 aromatic heterocycles. The van der Waals surface area contributed by atoms with E-state index in [0.717, 1.165) is 0 Å². The zero-order valence-corrected chi connectivity index (χ0v) is 5.50. The first-order chi connectivity index (χ1) is 2.77. The molecule has 0 amide bonds. The summed E-state index contributed by atoms with van der Waals surface area (Å²) in [7, 11) is -0.0934. The van der Waals surface area contributed by atoms with Crippen molar-refractivity contribution in [3.05, 3.63) is 0 Å². The van der Waals surface area contributed by atoms with Crippen molar-refractivity contribution in [2.45, 2.75) is 0 Å². The zero-order valence-electron chi connectivity index (χ0n) is 2.71. The molecule has 0 radical (unpaired) electrons. The fourth-order valence-electron chi connectivity index (χ4n) is 0.0390. The highest BCUT2D eigenvalue weighted by molar-refractivity contribution is 8.36. The number of hydrogen-bond acceptors (Lipinski definition) is 3. The van der Waals surface area contributed by atoms with Crippen molar-refractivity contribution >= 4 is 38.2 Å². The average Bonchev–Trinajstić information content (AvgIpc) is 1.35. The van der Waals surface area contributed by atoms with Crippen LogP contribution < -0.4 is 0 Å². The van der Waals surface area contributed by atoms with Gasteiger partial charge in [0, 0.05) is 0 Å². The second-order valence-electron chi connectivity index (χ2n) is 0.459. The van der Waals surface area contributed by atoms with E-state index in [9.17, 15) is 4.79 Å². The highest BCUT2D eigenvalue weighted by Crippen LogP contribution is 2.17. The van der Waals surface area contributed by atoms with E-state index < -0.39 is 5.30 Å². The fraction of sp³-hybridized carbons (Fsp3) is 0. The molecule has 0 aliphatic rings. The molecule has 0 saturated heterocycles. The molecule has 0 fully saturated rings. The first-order valence-corrected chi connectivity index (χ1v) is 3.70. The number of thiol groups is 2. The maximum Gasteiger partial charge on any atom is 0.367 e. The molecule has 2 nitrogen and oxygen atoms in total. The minimum atomic E-state index is -0.580. The van der Waals surface area contributed by atoms with Crippen molar-refractivity contribution in [1.82, 2.24) is 0 Å². The van der Waals surface area contributed by atoms with E-state index in [-0.39, 0.29) is 8.01 Å². The fourth-order valence-corrected chi connectivity index (χ4v) is 0.719. The third-order valence-corrected chi connectivity index (χ3v) is 0.947. The summed E-state index contributed by atoms with van der Waals surface area (Å²) < 4.78 is 4.16. The molecule has 36 valence electrons. The van der Waals surface area contributed by atoms with Crippen LogP contribution in [0.15, 0.2) is 0 Å². The van der Waals surface area contributed by atoms with E-state index in [1.54, 1.807) is 0 Å². The van der Waals surface area contributed by atoms with E-state index in [1.165, 1.54) is 0 Å². The number of carbonyl (C=O) groups excluding carboxylic acids is 1.